The van der Waals surface area contributed by atoms with Crippen molar-refractivity contribution in [3.8, 4) is 62.6 Å². The van der Waals surface area contributed by atoms with Gasteiger partial charge in [0.25, 0.3) is 0 Å². The van der Waals surface area contributed by atoms with Gasteiger partial charge in [0.05, 0.1) is 22.4 Å². The number of para-hydroxylation sites is 4. The van der Waals surface area contributed by atoms with E-state index in [4.69, 9.17) is 19.4 Å². The molecular formula is C52H33N3O2Si. The number of hydrogen-bond donors (Lipinski definition) is 0. The summed E-state index contributed by atoms with van der Waals surface area (Å²) in [5.41, 5.74) is 8.09. The molecule has 0 saturated heterocycles. The van der Waals surface area contributed by atoms with Gasteiger partial charge in [0.2, 0.25) is 0 Å². The minimum Gasteiger partial charge on any atom is -0.458 e. The summed E-state index contributed by atoms with van der Waals surface area (Å²) in [5.74, 6) is 4.14. The topological polar surface area (TPSA) is 49.2 Å². The van der Waals surface area contributed by atoms with Gasteiger partial charge in [-0.05, 0) is 75.3 Å². The van der Waals surface area contributed by atoms with Crippen LogP contribution in [0.2, 0.25) is 0 Å². The van der Waals surface area contributed by atoms with Crippen molar-refractivity contribution in [1.82, 2.24) is 14.5 Å². The lowest BCUT2D eigenvalue weighted by Gasteiger charge is -2.43. The van der Waals surface area contributed by atoms with Gasteiger partial charge >= 0.3 is 0 Å². The molecule has 5 nitrogen and oxygen atoms in total. The molecule has 272 valence electrons. The molecule has 12 rings (SSSR count). The van der Waals surface area contributed by atoms with Crippen molar-refractivity contribution >= 4 is 50.6 Å². The van der Waals surface area contributed by atoms with E-state index in [-0.39, 0.29) is 0 Å². The summed E-state index contributed by atoms with van der Waals surface area (Å²) >= 11 is 0. The Kier molecular flexibility index (Phi) is 7.18. The van der Waals surface area contributed by atoms with Crippen LogP contribution in [-0.4, -0.2) is 22.6 Å². The quantitative estimate of drug-likeness (QED) is 0.168. The van der Waals surface area contributed by atoms with E-state index in [1.165, 1.54) is 26.3 Å². The number of ether oxygens (including phenoxy) is 2. The zero-order valence-corrected chi connectivity index (χ0v) is 32.2. The van der Waals surface area contributed by atoms with E-state index < -0.39 is 8.07 Å². The van der Waals surface area contributed by atoms with Gasteiger partial charge in [-0.1, -0.05) is 140 Å². The molecule has 0 amide bonds. The molecule has 0 N–H and O–H groups in total. The molecule has 1 unspecified atom stereocenters. The molecule has 0 fully saturated rings. The Morgan fingerprint density at radius 1 is 0.362 bits per heavy atom. The smallest absolute Gasteiger partial charge is 0.196 e. The van der Waals surface area contributed by atoms with Crippen LogP contribution in [-0.2, 0) is 0 Å². The fourth-order valence-corrected chi connectivity index (χ4v) is 14.4. The molecule has 1 spiro atoms. The highest BCUT2D eigenvalue weighted by molar-refractivity contribution is 7.21. The third-order valence-electron chi connectivity index (χ3n) is 11.7. The number of rotatable bonds is 4. The summed E-state index contributed by atoms with van der Waals surface area (Å²) in [6.45, 7) is 0. The Morgan fingerprint density at radius 3 is 1.55 bits per heavy atom. The minimum atomic E-state index is -3.09. The lowest BCUT2D eigenvalue weighted by molar-refractivity contribution is 0.481. The van der Waals surface area contributed by atoms with E-state index in [0.29, 0.717) is 5.82 Å². The Balaban J connectivity index is 1.12. The molecule has 58 heavy (non-hydrogen) atoms. The molecule has 0 aliphatic carbocycles. The molecule has 8 aromatic carbocycles. The first kappa shape index (κ1) is 32.7. The Morgan fingerprint density at radius 2 is 0.879 bits per heavy atom. The van der Waals surface area contributed by atoms with Crippen molar-refractivity contribution in [2.24, 2.45) is 0 Å². The van der Waals surface area contributed by atoms with E-state index in [0.717, 1.165) is 73.0 Å². The predicted octanol–water partition coefficient (Wildman–Crippen LogP) is 10.2. The van der Waals surface area contributed by atoms with Crippen molar-refractivity contribution in [2.75, 3.05) is 0 Å². The number of benzene rings is 8. The van der Waals surface area contributed by atoms with Crippen LogP contribution in [0.1, 0.15) is 0 Å². The Labute approximate surface area is 336 Å². The van der Waals surface area contributed by atoms with Gasteiger partial charge in [-0.3, -0.25) is 0 Å². The second kappa shape index (κ2) is 12.7. The molecule has 2 aromatic heterocycles. The number of nitrogens with zero attached hydrogens (tertiary/aromatic N) is 3. The monoisotopic (exact) mass is 759 g/mol. The molecule has 1 atom stereocenters. The second-order valence-electron chi connectivity index (χ2n) is 14.9. The zero-order valence-electron chi connectivity index (χ0n) is 31.2. The van der Waals surface area contributed by atoms with E-state index >= 15 is 0 Å². The summed E-state index contributed by atoms with van der Waals surface area (Å²) < 4.78 is 16.2. The molecule has 0 radical (unpaired) electrons. The van der Waals surface area contributed by atoms with Crippen molar-refractivity contribution in [1.29, 1.82) is 0 Å². The van der Waals surface area contributed by atoms with E-state index in [1.807, 2.05) is 24.3 Å². The van der Waals surface area contributed by atoms with E-state index in [1.54, 1.807) is 0 Å². The normalized spacial score (nSPS) is 14.9. The van der Waals surface area contributed by atoms with Crippen molar-refractivity contribution in [2.45, 2.75) is 0 Å². The summed E-state index contributed by atoms with van der Waals surface area (Å²) in [5, 5.41) is 7.18. The zero-order chi connectivity index (χ0) is 38.2. The number of hydrogen-bond acceptors (Lipinski definition) is 4. The summed E-state index contributed by atoms with van der Waals surface area (Å²) in [7, 11) is -3.09. The fourth-order valence-electron chi connectivity index (χ4n) is 9.22. The number of fused-ring (bicyclic) bond motifs is 11. The van der Waals surface area contributed by atoms with Crippen LogP contribution in [0, 0.1) is 0 Å². The Hall–Kier alpha value is -7.54. The summed E-state index contributed by atoms with van der Waals surface area (Å²) in [6.07, 6.45) is 0. The fraction of sp³-hybridized carbons (Fsp3) is 0. The lowest BCUT2D eigenvalue weighted by atomic mass is 10.1. The number of aromatic nitrogens is 3. The molecular weight excluding hydrogens is 727 g/mol. The highest BCUT2D eigenvalue weighted by Gasteiger charge is 2.53. The van der Waals surface area contributed by atoms with Crippen LogP contribution in [0.15, 0.2) is 200 Å². The van der Waals surface area contributed by atoms with Gasteiger partial charge in [0, 0.05) is 39.2 Å². The predicted molar refractivity (Wildman–Crippen MR) is 236 cm³/mol. The molecule has 0 saturated carbocycles. The van der Waals surface area contributed by atoms with Crippen LogP contribution in [0.25, 0.3) is 61.4 Å². The average Bonchev–Trinajstić information content (AvgIpc) is 3.63. The third-order valence-corrected chi connectivity index (χ3v) is 16.6. The van der Waals surface area contributed by atoms with Gasteiger partial charge in [-0.15, -0.1) is 0 Å². The van der Waals surface area contributed by atoms with Crippen LogP contribution in [0.3, 0.4) is 0 Å². The van der Waals surface area contributed by atoms with Crippen LogP contribution >= 0.6 is 0 Å². The molecule has 0 bridgehead atoms. The maximum Gasteiger partial charge on any atom is 0.196 e. The highest BCUT2D eigenvalue weighted by atomic mass is 28.3. The van der Waals surface area contributed by atoms with E-state index in [2.05, 4.69) is 180 Å². The molecule has 4 heterocycles. The largest absolute Gasteiger partial charge is 0.458 e. The van der Waals surface area contributed by atoms with Gasteiger partial charge in [-0.2, -0.15) is 0 Å². The maximum absolute atomic E-state index is 7.00. The SMILES string of the molecule is c1ccc(-c2cc(-c3ccc4c(c3)[Si]3(c5ccccc5Oc5cc(-n6c7ccccc7c7ccccc76)ccc53)c3ccccc3O4)nc(-c3ccccc3)n2)cc1. The van der Waals surface area contributed by atoms with Crippen molar-refractivity contribution in [3.63, 3.8) is 0 Å². The Bertz CT molecular complexity index is 3130. The first-order valence-corrected chi connectivity index (χ1v) is 21.6. The third kappa shape index (κ3) is 4.82. The van der Waals surface area contributed by atoms with Crippen molar-refractivity contribution in [3.05, 3.63) is 200 Å². The maximum atomic E-state index is 7.00. The highest BCUT2D eigenvalue weighted by Crippen LogP contribution is 2.40. The first-order valence-electron chi connectivity index (χ1n) is 19.6. The first-order chi connectivity index (χ1) is 28.7. The standard InChI is InChI=1S/C52H33N3O2Si/c1-3-15-34(16-4-1)40-33-41(54-52(53-40)35-17-5-2-6-18-35)36-27-29-46-51(31-36)58(48-25-13-11-23-44(48)56-46)49-26-14-12-24-45(49)57-47-32-37(28-30-50(47)58)55-42-21-9-7-19-38(42)39-20-8-10-22-43(39)55/h1-33H. The van der Waals surface area contributed by atoms with Gasteiger partial charge in [-0.25, -0.2) is 9.97 Å². The van der Waals surface area contributed by atoms with E-state index in [9.17, 15) is 0 Å². The van der Waals surface area contributed by atoms with Crippen LogP contribution < -0.4 is 30.2 Å². The van der Waals surface area contributed by atoms with Gasteiger partial charge in [0.1, 0.15) is 23.0 Å². The summed E-state index contributed by atoms with van der Waals surface area (Å²) in [4.78, 5) is 10.3. The lowest BCUT2D eigenvalue weighted by Crippen LogP contribution is -2.77. The average molecular weight is 760 g/mol. The second-order valence-corrected chi connectivity index (χ2v) is 18.6. The molecule has 10 aromatic rings. The van der Waals surface area contributed by atoms with Crippen LogP contribution in [0.5, 0.6) is 23.0 Å². The van der Waals surface area contributed by atoms with Crippen molar-refractivity contribution < 1.29 is 9.47 Å². The van der Waals surface area contributed by atoms with Crippen LogP contribution in [0.4, 0.5) is 0 Å². The minimum absolute atomic E-state index is 0.683. The summed E-state index contributed by atoms with van der Waals surface area (Å²) in [6, 6.07) is 70.5. The molecule has 2 aliphatic rings. The molecule has 2 aliphatic heterocycles. The molecule has 6 heteroatoms. The van der Waals surface area contributed by atoms with Gasteiger partial charge < -0.3 is 14.0 Å². The van der Waals surface area contributed by atoms with Gasteiger partial charge in [0.15, 0.2) is 13.9 Å².